The van der Waals surface area contributed by atoms with Crippen molar-refractivity contribution in [2.75, 3.05) is 65.3 Å². The number of methoxy groups -OCH3 is 1. The molecule has 3 aliphatic rings. The highest BCUT2D eigenvalue weighted by Gasteiger charge is 2.26. The number of rotatable bonds is 6. The number of carbonyl (C=O) groups is 1. The normalized spacial score (nSPS) is 22.5. The van der Waals surface area contributed by atoms with E-state index in [1.807, 2.05) is 10.3 Å². The van der Waals surface area contributed by atoms with Crippen LogP contribution in [0.4, 0.5) is 9.93 Å². The Morgan fingerprint density at radius 1 is 1.08 bits per heavy atom. The first-order chi connectivity index (χ1) is 17.6. The second kappa shape index (κ2) is 11.9. The van der Waals surface area contributed by atoms with Gasteiger partial charge in [0.25, 0.3) is 0 Å². The monoisotopic (exact) mass is 511 g/mol. The molecule has 3 heterocycles. The largest absolute Gasteiger partial charge is 0.496 e. The predicted molar refractivity (Wildman–Crippen MR) is 147 cm³/mol. The minimum atomic E-state index is -0.0455. The second-order valence-corrected chi connectivity index (χ2v) is 11.7. The Bertz CT molecular complexity index is 1010. The van der Waals surface area contributed by atoms with Crippen molar-refractivity contribution in [3.63, 3.8) is 0 Å². The average Bonchev–Trinajstić information content (AvgIpc) is 3.37. The Kier molecular flexibility index (Phi) is 8.44. The van der Waals surface area contributed by atoms with Crippen LogP contribution < -0.4 is 10.1 Å². The van der Waals surface area contributed by atoms with Crippen molar-refractivity contribution in [2.45, 2.75) is 50.9 Å². The van der Waals surface area contributed by atoms with Gasteiger partial charge in [-0.2, -0.15) is 0 Å². The fourth-order valence-electron chi connectivity index (χ4n) is 6.16. The van der Waals surface area contributed by atoms with E-state index in [1.165, 1.54) is 74.9 Å². The fourth-order valence-corrected chi connectivity index (χ4v) is 6.86. The Morgan fingerprint density at radius 3 is 2.64 bits per heavy atom. The van der Waals surface area contributed by atoms with Crippen LogP contribution in [0.25, 0.3) is 11.3 Å². The lowest BCUT2D eigenvalue weighted by Crippen LogP contribution is -2.51. The summed E-state index contributed by atoms with van der Waals surface area (Å²) in [5.74, 6) is 2.21. The molecule has 0 radical (unpaired) electrons. The molecular formula is C28H41N5O2S. The van der Waals surface area contributed by atoms with Gasteiger partial charge in [-0.3, -0.25) is 10.2 Å². The van der Waals surface area contributed by atoms with Crippen LogP contribution in [-0.4, -0.2) is 85.7 Å². The quantitative estimate of drug-likeness (QED) is 0.566. The van der Waals surface area contributed by atoms with Crippen LogP contribution in [0.5, 0.6) is 5.75 Å². The highest BCUT2D eigenvalue weighted by molar-refractivity contribution is 7.14. The van der Waals surface area contributed by atoms with E-state index in [2.05, 4.69) is 40.4 Å². The maximum atomic E-state index is 13.0. The van der Waals surface area contributed by atoms with Crippen LogP contribution in [0.1, 0.15) is 56.4 Å². The number of nitrogens with one attached hydrogen (secondary N) is 1. The molecule has 36 heavy (non-hydrogen) atoms. The third-order valence-electron chi connectivity index (χ3n) is 8.19. The van der Waals surface area contributed by atoms with Crippen molar-refractivity contribution in [2.24, 2.45) is 5.92 Å². The number of urea groups is 1. The molecule has 1 atom stereocenters. The number of piperidine rings is 1. The summed E-state index contributed by atoms with van der Waals surface area (Å²) < 4.78 is 5.66. The van der Waals surface area contributed by atoms with Crippen LogP contribution in [0.15, 0.2) is 23.6 Å². The fraction of sp³-hybridized carbons (Fsp3) is 0.643. The zero-order valence-corrected chi connectivity index (χ0v) is 22.7. The maximum absolute atomic E-state index is 13.0. The van der Waals surface area contributed by atoms with E-state index in [1.54, 1.807) is 7.11 Å². The Hall–Kier alpha value is -2.16. The zero-order valence-electron chi connectivity index (χ0n) is 21.9. The maximum Gasteiger partial charge on any atom is 0.323 e. The third-order valence-corrected chi connectivity index (χ3v) is 8.95. The van der Waals surface area contributed by atoms with Crippen LogP contribution in [0.3, 0.4) is 0 Å². The van der Waals surface area contributed by atoms with Gasteiger partial charge >= 0.3 is 6.03 Å². The molecule has 2 aromatic rings. The summed E-state index contributed by atoms with van der Waals surface area (Å²) >= 11 is 1.48. The summed E-state index contributed by atoms with van der Waals surface area (Å²) in [6, 6.07) is 6.48. The first kappa shape index (κ1) is 25.5. The molecule has 2 aliphatic heterocycles. The Labute approximate surface area is 219 Å². The molecule has 7 nitrogen and oxygen atoms in total. The number of benzene rings is 1. The molecule has 1 aliphatic carbocycles. The van der Waals surface area contributed by atoms with E-state index in [0.717, 1.165) is 55.6 Å². The van der Waals surface area contributed by atoms with Gasteiger partial charge in [0.2, 0.25) is 0 Å². The van der Waals surface area contributed by atoms with Crippen molar-refractivity contribution in [3.05, 3.63) is 29.1 Å². The number of thiazole rings is 1. The van der Waals surface area contributed by atoms with E-state index >= 15 is 0 Å². The lowest BCUT2D eigenvalue weighted by Gasteiger charge is -2.38. The molecule has 1 N–H and O–H groups in total. The van der Waals surface area contributed by atoms with E-state index in [4.69, 9.17) is 9.72 Å². The molecule has 1 aromatic carbocycles. The van der Waals surface area contributed by atoms with Crippen LogP contribution in [0.2, 0.25) is 0 Å². The van der Waals surface area contributed by atoms with Gasteiger partial charge in [-0.05, 0) is 68.8 Å². The van der Waals surface area contributed by atoms with Gasteiger partial charge in [-0.1, -0.05) is 25.3 Å². The summed E-state index contributed by atoms with van der Waals surface area (Å²) in [4.78, 5) is 24.6. The van der Waals surface area contributed by atoms with Gasteiger partial charge < -0.3 is 14.5 Å². The summed E-state index contributed by atoms with van der Waals surface area (Å²) in [7, 11) is 3.93. The number of hydrogen-bond acceptors (Lipinski definition) is 6. The third kappa shape index (κ3) is 6.21. The molecule has 0 bridgehead atoms. The highest BCUT2D eigenvalue weighted by atomic mass is 32.1. The number of nitrogens with zero attached hydrogens (tertiary/aromatic N) is 4. The van der Waals surface area contributed by atoms with Crippen molar-refractivity contribution < 1.29 is 9.53 Å². The molecule has 2 amide bonds. The number of aromatic nitrogens is 1. The molecule has 2 saturated heterocycles. The van der Waals surface area contributed by atoms with Gasteiger partial charge in [-0.25, -0.2) is 9.78 Å². The summed E-state index contributed by atoms with van der Waals surface area (Å²) in [5, 5.41) is 5.72. The van der Waals surface area contributed by atoms with E-state index in [-0.39, 0.29) is 6.03 Å². The average molecular weight is 512 g/mol. The van der Waals surface area contributed by atoms with Crippen LogP contribution in [0, 0.1) is 5.92 Å². The molecule has 3 fully saturated rings. The molecule has 1 saturated carbocycles. The van der Waals surface area contributed by atoms with E-state index in [9.17, 15) is 4.79 Å². The number of anilines is 1. The van der Waals surface area contributed by atoms with E-state index in [0.29, 0.717) is 11.0 Å². The number of likely N-dealkylation sites (tertiary alicyclic amines) is 1. The minimum absolute atomic E-state index is 0.0455. The molecule has 8 heteroatoms. The lowest BCUT2D eigenvalue weighted by atomic mass is 9.83. The standard InChI is InChI=1S/C28H41N5O2S/c1-31-12-6-7-21(18-31)19-32-13-15-33(16-14-32)28(34)30-27-29-25(20-36-27)24-17-23(10-11-26(24)35-2)22-8-4-3-5-9-22/h10-11,17,20-22H,3-9,12-16,18-19H2,1-2H3,(H,29,30,34). The smallest absolute Gasteiger partial charge is 0.323 e. The van der Waals surface area contributed by atoms with Crippen molar-refractivity contribution in [3.8, 4) is 17.0 Å². The minimum Gasteiger partial charge on any atom is -0.496 e. The topological polar surface area (TPSA) is 60.9 Å². The van der Waals surface area contributed by atoms with Gasteiger partial charge in [0.1, 0.15) is 5.75 Å². The van der Waals surface area contributed by atoms with Gasteiger partial charge in [0.05, 0.1) is 12.8 Å². The number of hydrogen-bond donors (Lipinski definition) is 1. The van der Waals surface area contributed by atoms with Gasteiger partial charge in [0.15, 0.2) is 5.13 Å². The molecule has 0 spiro atoms. The second-order valence-electron chi connectivity index (χ2n) is 10.8. The van der Waals surface area contributed by atoms with Crippen molar-refractivity contribution in [1.82, 2.24) is 19.7 Å². The van der Waals surface area contributed by atoms with Crippen molar-refractivity contribution in [1.29, 1.82) is 0 Å². The van der Waals surface area contributed by atoms with Gasteiger partial charge in [0, 0.05) is 50.2 Å². The molecule has 1 aromatic heterocycles. The first-order valence-corrected chi connectivity index (χ1v) is 14.6. The predicted octanol–water partition coefficient (Wildman–Crippen LogP) is 5.36. The van der Waals surface area contributed by atoms with Gasteiger partial charge in [-0.15, -0.1) is 11.3 Å². The van der Waals surface area contributed by atoms with Crippen LogP contribution >= 0.6 is 11.3 Å². The van der Waals surface area contributed by atoms with Crippen LogP contribution in [-0.2, 0) is 0 Å². The number of ether oxygens (including phenoxy) is 1. The molecule has 196 valence electrons. The van der Waals surface area contributed by atoms with E-state index < -0.39 is 0 Å². The molecule has 5 rings (SSSR count). The Morgan fingerprint density at radius 2 is 1.89 bits per heavy atom. The first-order valence-electron chi connectivity index (χ1n) is 13.7. The Balaban J connectivity index is 1.17. The molecular weight excluding hydrogens is 470 g/mol. The summed E-state index contributed by atoms with van der Waals surface area (Å²) in [6.07, 6.45) is 9.12. The SMILES string of the molecule is COc1ccc(C2CCCCC2)cc1-c1csc(NC(=O)N2CCN(CC3CCCN(C)C3)CC2)n1. The summed E-state index contributed by atoms with van der Waals surface area (Å²) in [6.45, 7) is 7.00. The highest BCUT2D eigenvalue weighted by Crippen LogP contribution is 2.38. The lowest BCUT2D eigenvalue weighted by molar-refractivity contribution is 0.109. The summed E-state index contributed by atoms with van der Waals surface area (Å²) in [5.41, 5.74) is 3.26. The number of amides is 2. The number of piperazine rings is 1. The van der Waals surface area contributed by atoms with Crippen molar-refractivity contribution >= 4 is 22.5 Å². The molecule has 1 unspecified atom stereocenters. The zero-order chi connectivity index (χ0) is 24.9. The number of carbonyl (C=O) groups excluding carboxylic acids is 1.